The molecule has 0 fully saturated rings. The summed E-state index contributed by atoms with van der Waals surface area (Å²) in [5, 5.41) is 15.9. The molecule has 25 heavy (non-hydrogen) atoms. The number of fused-ring (bicyclic) bond motifs is 2. The van der Waals surface area contributed by atoms with Gasteiger partial charge in [0.25, 0.3) is 0 Å². The monoisotopic (exact) mass is 340 g/mol. The number of hydrogen-bond donors (Lipinski definition) is 2. The Balaban J connectivity index is 1.56. The van der Waals surface area contributed by atoms with E-state index in [1.807, 2.05) is 19.2 Å². The van der Waals surface area contributed by atoms with E-state index in [1.165, 1.54) is 11.1 Å². The third-order valence-electron chi connectivity index (χ3n) is 5.22. The fourth-order valence-electron chi connectivity index (χ4n) is 3.80. The van der Waals surface area contributed by atoms with E-state index in [-0.39, 0.29) is 17.6 Å². The summed E-state index contributed by atoms with van der Waals surface area (Å²) in [4.78, 5) is 28.2. The molecule has 1 aromatic heterocycles. The Hall–Kier alpha value is -2.67. The highest BCUT2D eigenvalue weighted by molar-refractivity contribution is 5.88. The molecular formula is C18H20N4O3. The van der Waals surface area contributed by atoms with Gasteiger partial charge in [0.2, 0.25) is 5.91 Å². The molecule has 0 bridgehead atoms. The molecule has 7 nitrogen and oxygen atoms in total. The van der Waals surface area contributed by atoms with Gasteiger partial charge >= 0.3 is 5.97 Å². The SMILES string of the molecule is CN1Cc2ccccc2CC1C(=O)N1CCc2[nH]nc(C(=O)O)c2C1. The molecule has 2 aromatic rings. The summed E-state index contributed by atoms with van der Waals surface area (Å²) in [5.41, 5.74) is 3.95. The zero-order chi connectivity index (χ0) is 17.6. The molecule has 130 valence electrons. The number of hydrogen-bond acceptors (Lipinski definition) is 4. The van der Waals surface area contributed by atoms with Gasteiger partial charge in [-0.2, -0.15) is 5.10 Å². The van der Waals surface area contributed by atoms with Crippen molar-refractivity contribution in [3.63, 3.8) is 0 Å². The van der Waals surface area contributed by atoms with E-state index in [0.717, 1.165) is 12.2 Å². The van der Waals surface area contributed by atoms with Crippen LogP contribution < -0.4 is 0 Å². The highest BCUT2D eigenvalue weighted by Gasteiger charge is 2.35. The minimum Gasteiger partial charge on any atom is -0.476 e. The van der Waals surface area contributed by atoms with Crippen molar-refractivity contribution in [3.05, 3.63) is 52.3 Å². The zero-order valence-electron chi connectivity index (χ0n) is 14.0. The van der Waals surface area contributed by atoms with E-state index in [4.69, 9.17) is 0 Å². The van der Waals surface area contributed by atoms with E-state index < -0.39 is 5.97 Å². The standard InChI is InChI=1S/C18H20N4O3/c1-21-9-12-5-3-2-4-11(12)8-15(21)17(23)22-7-6-14-13(10-22)16(18(24)25)20-19-14/h2-5,15H,6-10H2,1H3,(H,19,20)(H,24,25). The first-order chi connectivity index (χ1) is 12.0. The number of aromatic amines is 1. The highest BCUT2D eigenvalue weighted by Crippen LogP contribution is 2.26. The van der Waals surface area contributed by atoms with E-state index >= 15 is 0 Å². The summed E-state index contributed by atoms with van der Waals surface area (Å²) in [6, 6.07) is 7.99. The largest absolute Gasteiger partial charge is 0.476 e. The van der Waals surface area contributed by atoms with Crippen LogP contribution >= 0.6 is 0 Å². The third kappa shape index (κ3) is 2.70. The van der Waals surface area contributed by atoms with Crippen LogP contribution in [-0.2, 0) is 30.7 Å². The van der Waals surface area contributed by atoms with Crippen molar-refractivity contribution >= 4 is 11.9 Å². The Morgan fingerprint density at radius 2 is 2.00 bits per heavy atom. The highest BCUT2D eigenvalue weighted by atomic mass is 16.4. The Labute approximate surface area is 145 Å². The topological polar surface area (TPSA) is 89.5 Å². The van der Waals surface area contributed by atoms with Crippen molar-refractivity contribution in [2.24, 2.45) is 0 Å². The first-order valence-corrected chi connectivity index (χ1v) is 8.40. The number of amides is 1. The minimum absolute atomic E-state index is 0.0230. The molecule has 4 rings (SSSR count). The number of benzene rings is 1. The second kappa shape index (κ2) is 6.00. The summed E-state index contributed by atoms with van der Waals surface area (Å²) >= 11 is 0. The smallest absolute Gasteiger partial charge is 0.356 e. The number of rotatable bonds is 2. The lowest BCUT2D eigenvalue weighted by Gasteiger charge is -2.37. The quantitative estimate of drug-likeness (QED) is 0.853. The van der Waals surface area contributed by atoms with E-state index in [2.05, 4.69) is 27.2 Å². The maximum atomic E-state index is 13.1. The summed E-state index contributed by atoms with van der Waals surface area (Å²) < 4.78 is 0. The maximum Gasteiger partial charge on any atom is 0.356 e. The number of carboxylic acids is 1. The van der Waals surface area contributed by atoms with Gasteiger partial charge in [0.05, 0.1) is 6.04 Å². The number of aromatic carboxylic acids is 1. The maximum absolute atomic E-state index is 13.1. The van der Waals surface area contributed by atoms with Gasteiger partial charge in [0, 0.05) is 37.3 Å². The van der Waals surface area contributed by atoms with E-state index in [9.17, 15) is 14.7 Å². The van der Waals surface area contributed by atoms with Gasteiger partial charge in [-0.3, -0.25) is 14.8 Å². The lowest BCUT2D eigenvalue weighted by molar-refractivity contribution is -0.138. The van der Waals surface area contributed by atoms with Crippen molar-refractivity contribution in [1.29, 1.82) is 0 Å². The molecule has 2 N–H and O–H groups in total. The molecule has 2 aliphatic heterocycles. The first kappa shape index (κ1) is 15.8. The Morgan fingerprint density at radius 3 is 2.76 bits per heavy atom. The van der Waals surface area contributed by atoms with E-state index in [0.29, 0.717) is 31.5 Å². The molecule has 0 saturated carbocycles. The summed E-state index contributed by atoms with van der Waals surface area (Å²) in [5.74, 6) is -1.00. The fourth-order valence-corrected chi connectivity index (χ4v) is 3.80. The van der Waals surface area contributed by atoms with E-state index in [1.54, 1.807) is 4.90 Å². The van der Waals surface area contributed by atoms with Gasteiger partial charge in [0.15, 0.2) is 5.69 Å². The van der Waals surface area contributed by atoms with Gasteiger partial charge in [-0.1, -0.05) is 24.3 Å². The van der Waals surface area contributed by atoms with Gasteiger partial charge in [-0.05, 0) is 24.6 Å². The van der Waals surface area contributed by atoms with Crippen LogP contribution in [0.2, 0.25) is 0 Å². The average Bonchev–Trinajstić information content (AvgIpc) is 3.04. The normalized spacial score (nSPS) is 20.0. The number of carbonyl (C=O) groups excluding carboxylic acids is 1. The number of H-pyrrole nitrogens is 1. The third-order valence-corrected chi connectivity index (χ3v) is 5.22. The molecule has 1 aromatic carbocycles. The Morgan fingerprint density at radius 1 is 1.24 bits per heavy atom. The second-order valence-corrected chi connectivity index (χ2v) is 6.75. The number of nitrogens with one attached hydrogen (secondary N) is 1. The Kier molecular flexibility index (Phi) is 3.80. The number of carboxylic acid groups (broad SMARTS) is 1. The van der Waals surface area contributed by atoms with Gasteiger partial charge < -0.3 is 10.0 Å². The van der Waals surface area contributed by atoms with Crippen LogP contribution in [0, 0.1) is 0 Å². The lowest BCUT2D eigenvalue weighted by Crippen LogP contribution is -2.51. The molecule has 3 heterocycles. The van der Waals surface area contributed by atoms with Crippen LogP contribution in [0.5, 0.6) is 0 Å². The van der Waals surface area contributed by atoms with Gasteiger partial charge in [0.1, 0.15) is 0 Å². The molecule has 0 radical (unpaired) electrons. The van der Waals surface area contributed by atoms with Crippen molar-refractivity contribution in [1.82, 2.24) is 20.0 Å². The number of carbonyl (C=O) groups is 2. The summed E-state index contributed by atoms with van der Waals surface area (Å²) in [6.45, 7) is 1.63. The van der Waals surface area contributed by atoms with Crippen LogP contribution in [0.3, 0.4) is 0 Å². The van der Waals surface area contributed by atoms with Crippen molar-refractivity contribution in [2.75, 3.05) is 13.6 Å². The second-order valence-electron chi connectivity index (χ2n) is 6.75. The molecule has 7 heteroatoms. The van der Waals surface area contributed by atoms with Crippen LogP contribution in [0.1, 0.15) is 32.9 Å². The number of aromatic nitrogens is 2. The van der Waals surface area contributed by atoms with Crippen molar-refractivity contribution < 1.29 is 14.7 Å². The number of nitrogens with zero attached hydrogens (tertiary/aromatic N) is 3. The van der Waals surface area contributed by atoms with Crippen LogP contribution in [0.25, 0.3) is 0 Å². The average molecular weight is 340 g/mol. The van der Waals surface area contributed by atoms with Gasteiger partial charge in [-0.25, -0.2) is 4.79 Å². The van der Waals surface area contributed by atoms with Gasteiger partial charge in [-0.15, -0.1) is 0 Å². The molecule has 0 aliphatic carbocycles. The molecular weight excluding hydrogens is 320 g/mol. The predicted octanol–water partition coefficient (Wildman–Crippen LogP) is 1.05. The van der Waals surface area contributed by atoms with Crippen molar-refractivity contribution in [2.45, 2.75) is 32.0 Å². The summed E-state index contributed by atoms with van der Waals surface area (Å²) in [6.07, 6.45) is 1.29. The molecule has 0 saturated heterocycles. The molecule has 1 unspecified atom stereocenters. The molecule has 0 spiro atoms. The minimum atomic E-state index is -1.06. The molecule has 1 amide bonds. The zero-order valence-corrected chi connectivity index (χ0v) is 14.0. The lowest BCUT2D eigenvalue weighted by atomic mass is 9.93. The molecule has 2 aliphatic rings. The van der Waals surface area contributed by atoms with Crippen LogP contribution in [0.4, 0.5) is 0 Å². The molecule has 1 atom stereocenters. The fraction of sp³-hybridized carbons (Fsp3) is 0.389. The van der Waals surface area contributed by atoms with Crippen LogP contribution in [0.15, 0.2) is 24.3 Å². The number of likely N-dealkylation sites (N-methyl/N-ethyl adjacent to an activating group) is 1. The predicted molar refractivity (Wildman–Crippen MR) is 90.1 cm³/mol. The Bertz CT molecular complexity index is 845. The van der Waals surface area contributed by atoms with Crippen molar-refractivity contribution in [3.8, 4) is 0 Å². The van der Waals surface area contributed by atoms with Crippen LogP contribution in [-0.4, -0.2) is 56.6 Å². The first-order valence-electron chi connectivity index (χ1n) is 8.40. The summed E-state index contributed by atoms with van der Waals surface area (Å²) in [7, 11) is 1.97.